The molecule has 1 saturated heterocycles. The normalized spacial score (nSPS) is 25.6. The van der Waals surface area contributed by atoms with E-state index < -0.39 is 0 Å². The number of hydrogen-bond acceptors (Lipinski definition) is 4. The Kier molecular flexibility index (Phi) is 4.92. The zero-order chi connectivity index (χ0) is 19.8. The highest BCUT2D eigenvalue weighted by Crippen LogP contribution is 2.48. The minimum atomic E-state index is -0.0438. The van der Waals surface area contributed by atoms with Gasteiger partial charge >= 0.3 is 0 Å². The maximum Gasteiger partial charge on any atom is 0.225 e. The first-order valence-electron chi connectivity index (χ1n) is 10.6. The minimum absolute atomic E-state index is 0.0438. The number of likely N-dealkylation sites (tertiary alicyclic amines) is 1. The number of ether oxygens (including phenoxy) is 2. The fourth-order valence-corrected chi connectivity index (χ4v) is 4.87. The van der Waals surface area contributed by atoms with Crippen molar-refractivity contribution in [1.29, 1.82) is 0 Å². The molecule has 2 heterocycles. The number of benzene rings is 2. The van der Waals surface area contributed by atoms with Gasteiger partial charge < -0.3 is 14.8 Å². The van der Waals surface area contributed by atoms with Gasteiger partial charge in [-0.25, -0.2) is 0 Å². The fourth-order valence-electron chi connectivity index (χ4n) is 4.87. The molecular formula is C24H28N2O3. The van der Waals surface area contributed by atoms with Crippen LogP contribution in [0.25, 0.3) is 0 Å². The summed E-state index contributed by atoms with van der Waals surface area (Å²) in [5.41, 5.74) is 2.29. The third-order valence-electron chi connectivity index (χ3n) is 6.54. The lowest BCUT2D eigenvalue weighted by Gasteiger charge is -2.34. The molecule has 1 amide bonds. The lowest BCUT2D eigenvalue weighted by atomic mass is 9.85. The molecule has 2 aliphatic heterocycles. The van der Waals surface area contributed by atoms with Crippen LogP contribution < -0.4 is 14.8 Å². The second-order valence-electron chi connectivity index (χ2n) is 8.53. The van der Waals surface area contributed by atoms with E-state index in [1.165, 1.54) is 18.4 Å². The third kappa shape index (κ3) is 3.71. The van der Waals surface area contributed by atoms with Crippen molar-refractivity contribution in [3.63, 3.8) is 0 Å². The van der Waals surface area contributed by atoms with E-state index in [-0.39, 0.29) is 23.8 Å². The van der Waals surface area contributed by atoms with Crippen LogP contribution in [-0.4, -0.2) is 37.6 Å². The van der Waals surface area contributed by atoms with Crippen molar-refractivity contribution in [3.05, 3.63) is 59.7 Å². The molecule has 0 radical (unpaired) electrons. The monoisotopic (exact) mass is 392 g/mol. The highest BCUT2D eigenvalue weighted by atomic mass is 16.5. The number of para-hydroxylation sites is 1. The summed E-state index contributed by atoms with van der Waals surface area (Å²) in [7, 11) is 1.66. The van der Waals surface area contributed by atoms with E-state index in [4.69, 9.17) is 9.47 Å². The van der Waals surface area contributed by atoms with E-state index in [1.54, 1.807) is 7.11 Å². The van der Waals surface area contributed by atoms with Crippen LogP contribution in [0.15, 0.2) is 48.5 Å². The van der Waals surface area contributed by atoms with Gasteiger partial charge in [0, 0.05) is 37.2 Å². The molecule has 0 aromatic heterocycles. The molecule has 2 aromatic carbocycles. The summed E-state index contributed by atoms with van der Waals surface area (Å²) in [6, 6.07) is 16.5. The summed E-state index contributed by atoms with van der Waals surface area (Å²) in [5.74, 6) is 2.87. The number of rotatable bonds is 6. The largest absolute Gasteiger partial charge is 0.497 e. The van der Waals surface area contributed by atoms with Crippen molar-refractivity contribution in [1.82, 2.24) is 10.2 Å². The fraction of sp³-hybridized carbons (Fsp3) is 0.458. The van der Waals surface area contributed by atoms with Gasteiger partial charge in [0.2, 0.25) is 5.91 Å². The minimum Gasteiger partial charge on any atom is -0.497 e. The SMILES string of the molecule is COc1cccc(CNC(=O)[C@@H]2CN(CC3CC3)[C@H]3c4ccccc4OC[C@@H]23)c1. The van der Waals surface area contributed by atoms with Crippen LogP contribution in [0, 0.1) is 17.8 Å². The number of methoxy groups -OCH3 is 1. The van der Waals surface area contributed by atoms with Gasteiger partial charge in [0.25, 0.3) is 0 Å². The molecule has 29 heavy (non-hydrogen) atoms. The van der Waals surface area contributed by atoms with Crippen molar-refractivity contribution < 1.29 is 14.3 Å². The van der Waals surface area contributed by atoms with Crippen LogP contribution in [0.5, 0.6) is 11.5 Å². The van der Waals surface area contributed by atoms with E-state index in [1.807, 2.05) is 30.3 Å². The summed E-state index contributed by atoms with van der Waals surface area (Å²) in [5, 5.41) is 3.16. The topological polar surface area (TPSA) is 50.8 Å². The molecule has 5 nitrogen and oxygen atoms in total. The van der Waals surface area contributed by atoms with Crippen LogP contribution in [0.2, 0.25) is 0 Å². The van der Waals surface area contributed by atoms with Crippen molar-refractivity contribution in [2.24, 2.45) is 17.8 Å². The van der Waals surface area contributed by atoms with Gasteiger partial charge in [-0.05, 0) is 42.5 Å². The Labute approximate surface area is 172 Å². The standard InChI is InChI=1S/C24H28N2O3/c1-28-18-6-4-5-17(11-18)12-25-24(27)20-14-26(13-16-9-10-16)23-19-7-2-3-8-22(19)29-15-21(20)23/h2-8,11,16,20-21,23H,9-10,12-15H2,1H3,(H,25,27)/t20-,21+,23+/m1/s1. The summed E-state index contributed by atoms with van der Waals surface area (Å²) in [6.45, 7) is 3.03. The average Bonchev–Trinajstić information content (AvgIpc) is 3.50. The molecule has 1 aliphatic carbocycles. The summed E-state index contributed by atoms with van der Waals surface area (Å²) >= 11 is 0. The molecule has 2 aromatic rings. The Morgan fingerprint density at radius 2 is 2.07 bits per heavy atom. The predicted octanol–water partition coefficient (Wildman–Crippen LogP) is 3.40. The number of carbonyl (C=O) groups is 1. The van der Waals surface area contributed by atoms with Gasteiger partial charge in [0.05, 0.1) is 19.6 Å². The molecule has 3 atom stereocenters. The Morgan fingerprint density at radius 3 is 2.90 bits per heavy atom. The number of carbonyl (C=O) groups excluding carboxylic acids is 1. The molecule has 1 saturated carbocycles. The smallest absolute Gasteiger partial charge is 0.225 e. The number of nitrogens with one attached hydrogen (secondary N) is 1. The second kappa shape index (κ2) is 7.71. The number of amides is 1. The third-order valence-corrected chi connectivity index (χ3v) is 6.54. The molecule has 5 rings (SSSR count). The number of nitrogens with zero attached hydrogens (tertiary/aromatic N) is 1. The van der Waals surface area contributed by atoms with Gasteiger partial charge in [-0.15, -0.1) is 0 Å². The lowest BCUT2D eigenvalue weighted by Crippen LogP contribution is -2.37. The highest BCUT2D eigenvalue weighted by molar-refractivity contribution is 5.80. The van der Waals surface area contributed by atoms with Gasteiger partial charge in [-0.2, -0.15) is 0 Å². The Bertz CT molecular complexity index is 895. The van der Waals surface area contributed by atoms with Gasteiger partial charge in [-0.3, -0.25) is 9.69 Å². The quantitative estimate of drug-likeness (QED) is 0.819. The van der Waals surface area contributed by atoms with Gasteiger partial charge in [-0.1, -0.05) is 30.3 Å². The highest BCUT2D eigenvalue weighted by Gasteiger charge is 2.49. The van der Waals surface area contributed by atoms with E-state index in [2.05, 4.69) is 28.4 Å². The molecule has 1 N–H and O–H groups in total. The van der Waals surface area contributed by atoms with Gasteiger partial charge in [0.15, 0.2) is 0 Å². The predicted molar refractivity (Wildman–Crippen MR) is 111 cm³/mol. The summed E-state index contributed by atoms with van der Waals surface area (Å²) in [6.07, 6.45) is 2.64. The number of fused-ring (bicyclic) bond motifs is 3. The van der Waals surface area contributed by atoms with E-state index >= 15 is 0 Å². The Morgan fingerprint density at radius 1 is 1.21 bits per heavy atom. The zero-order valence-electron chi connectivity index (χ0n) is 16.8. The molecule has 0 bridgehead atoms. The zero-order valence-corrected chi connectivity index (χ0v) is 16.8. The summed E-state index contributed by atoms with van der Waals surface area (Å²) < 4.78 is 11.3. The van der Waals surface area contributed by atoms with Crippen molar-refractivity contribution >= 4 is 5.91 Å². The van der Waals surface area contributed by atoms with Crippen LogP contribution in [-0.2, 0) is 11.3 Å². The van der Waals surface area contributed by atoms with E-state index in [0.717, 1.165) is 36.1 Å². The first kappa shape index (κ1) is 18.5. The van der Waals surface area contributed by atoms with E-state index in [0.29, 0.717) is 13.2 Å². The second-order valence-corrected chi connectivity index (χ2v) is 8.53. The molecule has 5 heteroatoms. The van der Waals surface area contributed by atoms with Crippen molar-refractivity contribution in [2.75, 3.05) is 26.8 Å². The molecule has 3 aliphatic rings. The van der Waals surface area contributed by atoms with Crippen LogP contribution >= 0.6 is 0 Å². The Hall–Kier alpha value is -2.53. The maximum atomic E-state index is 13.2. The Balaban J connectivity index is 1.33. The molecule has 2 fully saturated rings. The molecule has 152 valence electrons. The first-order chi connectivity index (χ1) is 14.2. The van der Waals surface area contributed by atoms with Crippen LogP contribution in [0.4, 0.5) is 0 Å². The first-order valence-corrected chi connectivity index (χ1v) is 10.6. The summed E-state index contributed by atoms with van der Waals surface area (Å²) in [4.78, 5) is 15.7. The maximum absolute atomic E-state index is 13.2. The molecular weight excluding hydrogens is 364 g/mol. The van der Waals surface area contributed by atoms with Crippen LogP contribution in [0.3, 0.4) is 0 Å². The average molecular weight is 392 g/mol. The number of hydrogen-bond donors (Lipinski definition) is 1. The molecule has 0 spiro atoms. The van der Waals surface area contributed by atoms with E-state index in [9.17, 15) is 4.79 Å². The van der Waals surface area contributed by atoms with Gasteiger partial charge in [0.1, 0.15) is 11.5 Å². The van der Waals surface area contributed by atoms with Crippen LogP contribution in [0.1, 0.15) is 30.0 Å². The molecule has 0 unspecified atom stereocenters. The van der Waals surface area contributed by atoms with Crippen molar-refractivity contribution in [3.8, 4) is 11.5 Å². The van der Waals surface area contributed by atoms with Crippen molar-refractivity contribution in [2.45, 2.75) is 25.4 Å². The lowest BCUT2D eigenvalue weighted by molar-refractivity contribution is -0.126.